The number of sulfonamides is 1. The molecule has 0 saturated heterocycles. The van der Waals surface area contributed by atoms with E-state index < -0.39 is 28.4 Å². The summed E-state index contributed by atoms with van der Waals surface area (Å²) in [5.41, 5.74) is 1.76. The van der Waals surface area contributed by atoms with Crippen LogP contribution in [-0.2, 0) is 10.0 Å². The summed E-state index contributed by atoms with van der Waals surface area (Å²) in [7, 11) is -3.97. The van der Waals surface area contributed by atoms with Gasteiger partial charge in [0.2, 0.25) is 10.0 Å². The first-order chi connectivity index (χ1) is 12.1. The minimum atomic E-state index is -4.50. The van der Waals surface area contributed by atoms with Crippen LogP contribution in [0.15, 0.2) is 18.2 Å². The standard InChI is InChI=1S/C14H19F3N6O2S/c1-10-9-11(2)23(22-10)13-4-3-12(20-21-13)18-6-7-19-26(24,25)8-5-14(15,16)17/h3-4,9,19H,5-8H2,1-2H3,(H,18,20). The third kappa shape index (κ3) is 6.26. The Labute approximate surface area is 148 Å². The van der Waals surface area contributed by atoms with E-state index in [0.29, 0.717) is 11.6 Å². The van der Waals surface area contributed by atoms with E-state index >= 15 is 0 Å². The zero-order valence-corrected chi connectivity index (χ0v) is 15.0. The molecule has 0 radical (unpaired) electrons. The van der Waals surface area contributed by atoms with E-state index in [1.165, 1.54) is 0 Å². The highest BCUT2D eigenvalue weighted by molar-refractivity contribution is 7.89. The molecule has 0 aliphatic rings. The average molecular weight is 392 g/mol. The molecule has 2 aromatic rings. The second-order valence-electron chi connectivity index (χ2n) is 5.62. The van der Waals surface area contributed by atoms with Crippen LogP contribution in [-0.4, -0.2) is 53.4 Å². The molecule has 12 heteroatoms. The minimum absolute atomic E-state index is 0.0684. The van der Waals surface area contributed by atoms with E-state index in [-0.39, 0.29) is 13.1 Å². The van der Waals surface area contributed by atoms with Crippen molar-refractivity contribution in [2.45, 2.75) is 26.4 Å². The van der Waals surface area contributed by atoms with Gasteiger partial charge in [-0.25, -0.2) is 17.8 Å². The summed E-state index contributed by atoms with van der Waals surface area (Å²) in [4.78, 5) is 0. The highest BCUT2D eigenvalue weighted by Gasteiger charge is 2.29. The van der Waals surface area contributed by atoms with Crippen LogP contribution in [0.3, 0.4) is 0 Å². The van der Waals surface area contributed by atoms with Gasteiger partial charge in [-0.2, -0.15) is 18.3 Å². The topological polar surface area (TPSA) is 102 Å². The number of hydrogen-bond acceptors (Lipinski definition) is 6. The fourth-order valence-electron chi connectivity index (χ4n) is 2.11. The first-order valence-electron chi connectivity index (χ1n) is 7.71. The Morgan fingerprint density at radius 2 is 1.88 bits per heavy atom. The molecule has 0 unspecified atom stereocenters. The van der Waals surface area contributed by atoms with Crippen LogP contribution in [0.25, 0.3) is 5.82 Å². The van der Waals surface area contributed by atoms with Gasteiger partial charge in [-0.3, -0.25) is 0 Å². The van der Waals surface area contributed by atoms with Crippen molar-refractivity contribution in [2.75, 3.05) is 24.2 Å². The molecule has 0 aliphatic heterocycles. The molecular formula is C14H19F3N6O2S. The van der Waals surface area contributed by atoms with Crippen LogP contribution in [0.5, 0.6) is 0 Å². The molecule has 0 fully saturated rings. The molecule has 2 N–H and O–H groups in total. The molecule has 2 heterocycles. The fourth-order valence-corrected chi connectivity index (χ4v) is 3.17. The smallest absolute Gasteiger partial charge is 0.367 e. The fraction of sp³-hybridized carbons (Fsp3) is 0.500. The van der Waals surface area contributed by atoms with Crippen molar-refractivity contribution in [1.29, 1.82) is 0 Å². The third-order valence-corrected chi connectivity index (χ3v) is 4.67. The van der Waals surface area contributed by atoms with Crippen molar-refractivity contribution in [2.24, 2.45) is 0 Å². The largest absolute Gasteiger partial charge is 0.390 e. The zero-order chi connectivity index (χ0) is 19.4. The maximum absolute atomic E-state index is 12.1. The number of alkyl halides is 3. The van der Waals surface area contributed by atoms with Crippen LogP contribution in [0.2, 0.25) is 0 Å². The molecule has 26 heavy (non-hydrogen) atoms. The summed E-state index contributed by atoms with van der Waals surface area (Å²) < 4.78 is 62.8. The maximum atomic E-state index is 12.1. The Morgan fingerprint density at radius 1 is 1.15 bits per heavy atom. The van der Waals surface area contributed by atoms with Crippen LogP contribution >= 0.6 is 0 Å². The lowest BCUT2D eigenvalue weighted by Crippen LogP contribution is -2.32. The summed E-state index contributed by atoms with van der Waals surface area (Å²) >= 11 is 0. The van der Waals surface area contributed by atoms with Gasteiger partial charge in [0, 0.05) is 18.8 Å². The van der Waals surface area contributed by atoms with Crippen molar-refractivity contribution >= 4 is 15.8 Å². The van der Waals surface area contributed by atoms with Gasteiger partial charge in [0.15, 0.2) is 5.82 Å². The van der Waals surface area contributed by atoms with E-state index in [2.05, 4.69) is 25.3 Å². The third-order valence-electron chi connectivity index (χ3n) is 3.28. The number of nitrogens with zero attached hydrogens (tertiary/aromatic N) is 4. The second kappa shape index (κ2) is 7.99. The molecule has 144 valence electrons. The molecule has 0 spiro atoms. The van der Waals surface area contributed by atoms with Crippen LogP contribution in [0.1, 0.15) is 17.8 Å². The molecule has 0 aromatic carbocycles. The molecule has 0 aliphatic carbocycles. The molecule has 0 bridgehead atoms. The van der Waals surface area contributed by atoms with Gasteiger partial charge in [-0.15, -0.1) is 10.2 Å². The van der Waals surface area contributed by atoms with E-state index in [4.69, 9.17) is 0 Å². The predicted molar refractivity (Wildman–Crippen MR) is 89.6 cm³/mol. The zero-order valence-electron chi connectivity index (χ0n) is 14.2. The Hall–Kier alpha value is -2.21. The van der Waals surface area contributed by atoms with Gasteiger partial charge in [-0.1, -0.05) is 0 Å². The number of nitrogens with one attached hydrogen (secondary N) is 2. The Balaban J connectivity index is 1.81. The van der Waals surface area contributed by atoms with Crippen LogP contribution < -0.4 is 10.0 Å². The monoisotopic (exact) mass is 392 g/mol. The number of halogens is 3. The molecule has 0 amide bonds. The Bertz CT molecular complexity index is 833. The lowest BCUT2D eigenvalue weighted by molar-refractivity contribution is -0.129. The van der Waals surface area contributed by atoms with Crippen LogP contribution in [0.4, 0.5) is 19.0 Å². The minimum Gasteiger partial charge on any atom is -0.367 e. The lowest BCUT2D eigenvalue weighted by atomic mass is 10.4. The maximum Gasteiger partial charge on any atom is 0.390 e. The molecule has 2 aromatic heterocycles. The molecule has 0 atom stereocenters. The molecule has 0 saturated carbocycles. The average Bonchev–Trinajstić information content (AvgIpc) is 2.88. The first-order valence-corrected chi connectivity index (χ1v) is 9.36. The van der Waals surface area contributed by atoms with Gasteiger partial charge >= 0.3 is 6.18 Å². The van der Waals surface area contributed by atoms with Crippen molar-refractivity contribution in [3.8, 4) is 5.82 Å². The van der Waals surface area contributed by atoms with Crippen molar-refractivity contribution < 1.29 is 21.6 Å². The number of aryl methyl sites for hydroxylation is 2. The van der Waals surface area contributed by atoms with Gasteiger partial charge in [0.1, 0.15) is 5.82 Å². The summed E-state index contributed by atoms with van der Waals surface area (Å²) in [5, 5.41) is 15.1. The molecular weight excluding hydrogens is 373 g/mol. The van der Waals surface area contributed by atoms with Gasteiger partial charge in [0.25, 0.3) is 0 Å². The number of hydrogen-bond donors (Lipinski definition) is 2. The lowest BCUT2D eigenvalue weighted by Gasteiger charge is -2.10. The number of aromatic nitrogens is 4. The van der Waals surface area contributed by atoms with Gasteiger partial charge < -0.3 is 5.32 Å². The predicted octanol–water partition coefficient (Wildman–Crippen LogP) is 1.56. The van der Waals surface area contributed by atoms with Gasteiger partial charge in [0.05, 0.1) is 17.9 Å². The summed E-state index contributed by atoms with van der Waals surface area (Å²) in [6, 6.07) is 5.25. The van der Waals surface area contributed by atoms with Crippen molar-refractivity contribution in [3.63, 3.8) is 0 Å². The van der Waals surface area contributed by atoms with E-state index in [1.807, 2.05) is 19.9 Å². The highest BCUT2D eigenvalue weighted by Crippen LogP contribution is 2.19. The Kier molecular flexibility index (Phi) is 6.18. The van der Waals surface area contributed by atoms with E-state index in [9.17, 15) is 21.6 Å². The Morgan fingerprint density at radius 3 is 2.42 bits per heavy atom. The second-order valence-corrected chi connectivity index (χ2v) is 7.55. The molecule has 2 rings (SSSR count). The SMILES string of the molecule is Cc1cc(C)n(-c2ccc(NCCNS(=O)(=O)CCC(F)(F)F)nn2)n1. The highest BCUT2D eigenvalue weighted by atomic mass is 32.2. The summed E-state index contributed by atoms with van der Waals surface area (Å²) in [6.07, 6.45) is -5.88. The quantitative estimate of drug-likeness (QED) is 0.661. The van der Waals surface area contributed by atoms with E-state index in [1.54, 1.807) is 16.8 Å². The van der Waals surface area contributed by atoms with Gasteiger partial charge in [-0.05, 0) is 32.0 Å². The molecule has 8 nitrogen and oxygen atoms in total. The summed E-state index contributed by atoms with van der Waals surface area (Å²) in [5.74, 6) is -0.0491. The van der Waals surface area contributed by atoms with Crippen molar-refractivity contribution in [3.05, 3.63) is 29.6 Å². The van der Waals surface area contributed by atoms with E-state index in [0.717, 1.165) is 11.4 Å². The number of rotatable bonds is 8. The van der Waals surface area contributed by atoms with Crippen molar-refractivity contribution in [1.82, 2.24) is 24.7 Å². The summed E-state index contributed by atoms with van der Waals surface area (Å²) in [6.45, 7) is 3.83. The normalized spacial score (nSPS) is 12.3. The number of anilines is 1. The first kappa shape index (κ1) is 20.1. The van der Waals surface area contributed by atoms with Crippen LogP contribution in [0, 0.1) is 13.8 Å².